The zero-order valence-corrected chi connectivity index (χ0v) is 13.5. The van der Waals surface area contributed by atoms with Crippen LogP contribution in [-0.2, 0) is 13.0 Å². The molecule has 0 saturated heterocycles. The molecule has 0 aliphatic heterocycles. The van der Waals surface area contributed by atoms with Crippen LogP contribution in [0.2, 0.25) is 0 Å². The smallest absolute Gasteiger partial charge is 0.412 e. The molecule has 1 amide bonds. The lowest BCUT2D eigenvalue weighted by atomic mass is 10.1. The second-order valence-corrected chi connectivity index (χ2v) is 5.10. The van der Waals surface area contributed by atoms with Crippen molar-refractivity contribution in [2.24, 2.45) is 0 Å². The van der Waals surface area contributed by atoms with Gasteiger partial charge in [0, 0.05) is 7.05 Å². The van der Waals surface area contributed by atoms with Crippen LogP contribution in [0.3, 0.4) is 0 Å². The van der Waals surface area contributed by atoms with E-state index in [1.807, 2.05) is 25.1 Å². The van der Waals surface area contributed by atoms with Gasteiger partial charge < -0.3 is 14.8 Å². The molecule has 2 aromatic rings. The van der Waals surface area contributed by atoms with Crippen molar-refractivity contribution in [1.82, 2.24) is 5.32 Å². The third-order valence-corrected chi connectivity index (χ3v) is 3.50. The van der Waals surface area contributed by atoms with Gasteiger partial charge in [-0.25, -0.2) is 9.18 Å². The standard InChI is InChI=1S/C18H20FNO3/c1-4-13-8-9-16(12(2)10-13)22-11-14-15(19)6-5-7-17(14)23-18(21)20-3/h5-10H,4,11H2,1-3H3,(H,20,21). The molecule has 122 valence electrons. The summed E-state index contributed by atoms with van der Waals surface area (Å²) < 4.78 is 24.8. The number of nitrogens with one attached hydrogen (secondary N) is 1. The summed E-state index contributed by atoms with van der Waals surface area (Å²) in [6, 6.07) is 10.2. The fourth-order valence-corrected chi connectivity index (χ4v) is 2.17. The van der Waals surface area contributed by atoms with E-state index in [4.69, 9.17) is 9.47 Å². The molecule has 0 unspecified atom stereocenters. The maximum Gasteiger partial charge on any atom is 0.412 e. The van der Waals surface area contributed by atoms with E-state index in [9.17, 15) is 9.18 Å². The first-order valence-electron chi connectivity index (χ1n) is 7.44. The van der Waals surface area contributed by atoms with Crippen LogP contribution in [0.4, 0.5) is 9.18 Å². The number of hydrogen-bond acceptors (Lipinski definition) is 3. The van der Waals surface area contributed by atoms with Gasteiger partial charge in [-0.15, -0.1) is 0 Å². The summed E-state index contributed by atoms with van der Waals surface area (Å²) >= 11 is 0. The van der Waals surface area contributed by atoms with Gasteiger partial charge in [0.1, 0.15) is 23.9 Å². The fraction of sp³-hybridized carbons (Fsp3) is 0.278. The van der Waals surface area contributed by atoms with E-state index in [0.29, 0.717) is 5.75 Å². The third-order valence-electron chi connectivity index (χ3n) is 3.50. The monoisotopic (exact) mass is 317 g/mol. The van der Waals surface area contributed by atoms with Crippen molar-refractivity contribution in [3.05, 3.63) is 58.9 Å². The normalized spacial score (nSPS) is 10.3. The van der Waals surface area contributed by atoms with E-state index >= 15 is 0 Å². The van der Waals surface area contributed by atoms with E-state index in [1.165, 1.54) is 30.8 Å². The van der Waals surface area contributed by atoms with Gasteiger partial charge >= 0.3 is 6.09 Å². The lowest BCUT2D eigenvalue weighted by Crippen LogP contribution is -2.23. The molecule has 0 aliphatic rings. The Morgan fingerprint density at radius 2 is 2.00 bits per heavy atom. The van der Waals surface area contributed by atoms with E-state index in [0.717, 1.165) is 12.0 Å². The average molecular weight is 317 g/mol. The minimum atomic E-state index is -0.652. The Bertz CT molecular complexity index is 701. The number of carbonyl (C=O) groups excluding carboxylic acids is 1. The summed E-state index contributed by atoms with van der Waals surface area (Å²) in [5.41, 5.74) is 2.40. The lowest BCUT2D eigenvalue weighted by molar-refractivity contribution is 0.200. The van der Waals surface area contributed by atoms with Crippen molar-refractivity contribution >= 4 is 6.09 Å². The highest BCUT2D eigenvalue weighted by molar-refractivity contribution is 5.70. The first-order chi connectivity index (χ1) is 11.0. The maximum atomic E-state index is 14.0. The van der Waals surface area contributed by atoms with Gasteiger partial charge in [-0.05, 0) is 42.7 Å². The van der Waals surface area contributed by atoms with Crippen molar-refractivity contribution in [3.8, 4) is 11.5 Å². The molecular weight excluding hydrogens is 297 g/mol. The van der Waals surface area contributed by atoms with Crippen LogP contribution in [-0.4, -0.2) is 13.1 Å². The Kier molecular flexibility index (Phi) is 5.57. The van der Waals surface area contributed by atoms with Gasteiger partial charge in [-0.2, -0.15) is 0 Å². The number of ether oxygens (including phenoxy) is 2. The molecule has 0 fully saturated rings. The van der Waals surface area contributed by atoms with Crippen LogP contribution in [0.15, 0.2) is 36.4 Å². The van der Waals surface area contributed by atoms with Gasteiger partial charge in [-0.1, -0.05) is 25.1 Å². The Labute approximate surface area is 135 Å². The highest BCUT2D eigenvalue weighted by atomic mass is 19.1. The van der Waals surface area contributed by atoms with Crippen LogP contribution in [0, 0.1) is 12.7 Å². The number of amides is 1. The zero-order valence-electron chi connectivity index (χ0n) is 13.5. The summed E-state index contributed by atoms with van der Waals surface area (Å²) in [5, 5.41) is 2.33. The Morgan fingerprint density at radius 3 is 2.65 bits per heavy atom. The zero-order chi connectivity index (χ0) is 16.8. The van der Waals surface area contributed by atoms with Crippen molar-refractivity contribution in [3.63, 3.8) is 0 Å². The molecule has 2 aromatic carbocycles. The predicted molar refractivity (Wildman–Crippen MR) is 86.4 cm³/mol. The fourth-order valence-electron chi connectivity index (χ4n) is 2.17. The predicted octanol–water partition coefficient (Wildman–Crippen LogP) is 3.99. The van der Waals surface area contributed by atoms with Crippen molar-refractivity contribution < 1.29 is 18.7 Å². The average Bonchev–Trinajstić information content (AvgIpc) is 2.55. The minimum absolute atomic E-state index is 0.0225. The number of halogens is 1. The lowest BCUT2D eigenvalue weighted by Gasteiger charge is -2.13. The molecule has 0 saturated carbocycles. The molecular formula is C18H20FNO3. The SMILES string of the molecule is CCc1ccc(OCc2c(F)cccc2OC(=O)NC)c(C)c1. The molecule has 0 aliphatic carbocycles. The first-order valence-corrected chi connectivity index (χ1v) is 7.44. The summed E-state index contributed by atoms with van der Waals surface area (Å²) in [6.07, 6.45) is 0.291. The van der Waals surface area contributed by atoms with Crippen LogP contribution in [0.1, 0.15) is 23.6 Å². The molecule has 23 heavy (non-hydrogen) atoms. The quantitative estimate of drug-likeness (QED) is 0.907. The van der Waals surface area contributed by atoms with Gasteiger partial charge in [0.15, 0.2) is 0 Å². The number of benzene rings is 2. The Morgan fingerprint density at radius 1 is 1.22 bits per heavy atom. The van der Waals surface area contributed by atoms with E-state index in [2.05, 4.69) is 12.2 Å². The molecule has 0 heterocycles. The van der Waals surface area contributed by atoms with Crippen LogP contribution < -0.4 is 14.8 Å². The molecule has 0 bridgehead atoms. The molecule has 4 nitrogen and oxygen atoms in total. The number of aryl methyl sites for hydroxylation is 2. The van der Waals surface area contributed by atoms with E-state index in [-0.39, 0.29) is 17.9 Å². The Balaban J connectivity index is 2.18. The summed E-state index contributed by atoms with van der Waals surface area (Å²) in [4.78, 5) is 11.3. The highest BCUT2D eigenvalue weighted by Crippen LogP contribution is 2.26. The van der Waals surface area contributed by atoms with E-state index < -0.39 is 11.9 Å². The molecule has 0 aromatic heterocycles. The van der Waals surface area contributed by atoms with E-state index in [1.54, 1.807) is 0 Å². The number of hydrogen-bond donors (Lipinski definition) is 1. The summed E-state index contributed by atoms with van der Waals surface area (Å²) in [5.74, 6) is 0.345. The number of rotatable bonds is 5. The van der Waals surface area contributed by atoms with Gasteiger partial charge in [-0.3, -0.25) is 0 Å². The number of carbonyl (C=O) groups is 1. The minimum Gasteiger partial charge on any atom is -0.488 e. The van der Waals surface area contributed by atoms with Crippen LogP contribution >= 0.6 is 0 Å². The van der Waals surface area contributed by atoms with Crippen LogP contribution in [0.5, 0.6) is 11.5 Å². The molecule has 1 N–H and O–H groups in total. The van der Waals surface area contributed by atoms with Crippen molar-refractivity contribution in [2.75, 3.05) is 7.05 Å². The van der Waals surface area contributed by atoms with Crippen molar-refractivity contribution in [2.45, 2.75) is 26.9 Å². The van der Waals surface area contributed by atoms with Gasteiger partial charge in [0.05, 0.1) is 5.56 Å². The van der Waals surface area contributed by atoms with Gasteiger partial charge in [0.25, 0.3) is 0 Å². The molecule has 5 heteroatoms. The summed E-state index contributed by atoms with van der Waals surface area (Å²) in [6.45, 7) is 4.00. The highest BCUT2D eigenvalue weighted by Gasteiger charge is 2.14. The largest absolute Gasteiger partial charge is 0.488 e. The topological polar surface area (TPSA) is 47.6 Å². The second kappa shape index (κ2) is 7.63. The molecule has 2 rings (SSSR count). The summed E-state index contributed by atoms with van der Waals surface area (Å²) in [7, 11) is 1.44. The third kappa shape index (κ3) is 4.22. The molecule has 0 radical (unpaired) electrons. The first kappa shape index (κ1) is 16.8. The molecule has 0 atom stereocenters. The van der Waals surface area contributed by atoms with Gasteiger partial charge in [0.2, 0.25) is 0 Å². The molecule has 0 spiro atoms. The van der Waals surface area contributed by atoms with Crippen molar-refractivity contribution in [1.29, 1.82) is 0 Å². The Hall–Kier alpha value is -2.56. The maximum absolute atomic E-state index is 14.0. The van der Waals surface area contributed by atoms with Crippen LogP contribution in [0.25, 0.3) is 0 Å². The second-order valence-electron chi connectivity index (χ2n) is 5.10.